The van der Waals surface area contributed by atoms with Crippen molar-refractivity contribution in [3.8, 4) is 0 Å². The van der Waals surface area contributed by atoms with Gasteiger partial charge in [0.15, 0.2) is 0 Å². The first-order valence-corrected chi connectivity index (χ1v) is 3.42. The van der Waals surface area contributed by atoms with E-state index < -0.39 is 5.60 Å². The molecule has 0 aromatic heterocycles. The van der Waals surface area contributed by atoms with Crippen LogP contribution in [0.1, 0.15) is 19.8 Å². The zero-order chi connectivity index (χ0) is 7.61. The summed E-state index contributed by atoms with van der Waals surface area (Å²) in [7, 11) is 0. The maximum Gasteiger partial charge on any atom is 0.132 e. The number of ketones is 1. The van der Waals surface area contributed by atoms with Crippen molar-refractivity contribution in [2.45, 2.75) is 25.4 Å². The monoisotopic (exact) mass is 144 g/mol. The minimum Gasteiger partial charge on any atom is -0.387 e. The topological polar surface area (TPSA) is 46.5 Å². The van der Waals surface area contributed by atoms with Gasteiger partial charge in [-0.15, -0.1) is 0 Å². The number of Topliss-reactive ketones (excluding diaryl/α,β-unsaturated/α-hetero) is 1. The lowest BCUT2D eigenvalue weighted by atomic mass is 9.97. The van der Waals surface area contributed by atoms with Gasteiger partial charge in [0.2, 0.25) is 0 Å². The minimum atomic E-state index is -0.855. The molecule has 1 saturated heterocycles. The smallest absolute Gasteiger partial charge is 0.132 e. The fraction of sp³-hybridized carbons (Fsp3) is 0.857. The number of hydrogen-bond donors (Lipinski definition) is 1. The fourth-order valence-corrected chi connectivity index (χ4v) is 1.20. The molecule has 3 heteroatoms. The summed E-state index contributed by atoms with van der Waals surface area (Å²) in [6, 6.07) is 0. The standard InChI is InChI=1S/C7H12O3/c1-6(8)4-7(9)2-3-10-5-7/h9H,2-5H2,1H3. The number of carbonyl (C=O) groups is 1. The molecule has 0 spiro atoms. The molecule has 58 valence electrons. The molecule has 0 amide bonds. The molecule has 0 saturated carbocycles. The zero-order valence-electron chi connectivity index (χ0n) is 6.09. The first-order chi connectivity index (χ1) is 4.62. The summed E-state index contributed by atoms with van der Waals surface area (Å²) in [4.78, 5) is 10.6. The summed E-state index contributed by atoms with van der Waals surface area (Å²) < 4.78 is 4.96. The zero-order valence-corrected chi connectivity index (χ0v) is 6.09. The molecule has 3 nitrogen and oxygen atoms in total. The molecule has 10 heavy (non-hydrogen) atoms. The number of aliphatic hydroxyl groups is 1. The van der Waals surface area contributed by atoms with Gasteiger partial charge in [0, 0.05) is 19.4 Å². The van der Waals surface area contributed by atoms with Crippen LogP contribution in [0.25, 0.3) is 0 Å². The molecular weight excluding hydrogens is 132 g/mol. The van der Waals surface area contributed by atoms with E-state index in [0.29, 0.717) is 19.6 Å². The predicted molar refractivity (Wildman–Crippen MR) is 35.7 cm³/mol. The van der Waals surface area contributed by atoms with Crippen molar-refractivity contribution in [1.82, 2.24) is 0 Å². The second-order valence-electron chi connectivity index (χ2n) is 2.91. The summed E-state index contributed by atoms with van der Waals surface area (Å²) in [5.74, 6) is 0.0213. The molecule has 1 rings (SSSR count). The Balaban J connectivity index is 2.43. The Morgan fingerprint density at radius 2 is 2.50 bits per heavy atom. The molecule has 0 radical (unpaired) electrons. The molecular formula is C7H12O3. The van der Waals surface area contributed by atoms with Gasteiger partial charge < -0.3 is 9.84 Å². The summed E-state index contributed by atoms with van der Waals surface area (Å²) in [5.41, 5.74) is -0.855. The first kappa shape index (κ1) is 7.69. The molecule has 1 fully saturated rings. The number of carbonyl (C=O) groups excluding carboxylic acids is 1. The van der Waals surface area contributed by atoms with Gasteiger partial charge in [-0.3, -0.25) is 4.79 Å². The molecule has 1 atom stereocenters. The molecule has 1 unspecified atom stereocenters. The van der Waals surface area contributed by atoms with Crippen LogP contribution < -0.4 is 0 Å². The average molecular weight is 144 g/mol. The summed E-state index contributed by atoms with van der Waals surface area (Å²) in [5, 5.41) is 9.52. The lowest BCUT2D eigenvalue weighted by molar-refractivity contribution is -0.121. The third-order valence-corrected chi connectivity index (χ3v) is 1.66. The first-order valence-electron chi connectivity index (χ1n) is 3.42. The Labute approximate surface area is 60.0 Å². The lowest BCUT2D eigenvalue weighted by Crippen LogP contribution is -2.31. The highest BCUT2D eigenvalue weighted by molar-refractivity contribution is 5.76. The van der Waals surface area contributed by atoms with Crippen LogP contribution in [0.15, 0.2) is 0 Å². The SMILES string of the molecule is CC(=O)CC1(O)CCOC1. The summed E-state index contributed by atoms with van der Waals surface area (Å²) in [6.45, 7) is 2.37. The van der Waals surface area contributed by atoms with Crippen LogP contribution in [0.3, 0.4) is 0 Å². The Hall–Kier alpha value is -0.410. The molecule has 1 N–H and O–H groups in total. The predicted octanol–water partition coefficient (Wildman–Crippen LogP) is 0.117. The van der Waals surface area contributed by atoms with Crippen LogP contribution in [0, 0.1) is 0 Å². The maximum absolute atomic E-state index is 10.6. The second kappa shape index (κ2) is 2.68. The van der Waals surface area contributed by atoms with Gasteiger partial charge in [0.1, 0.15) is 5.78 Å². The summed E-state index contributed by atoms with van der Waals surface area (Å²) >= 11 is 0. The van der Waals surface area contributed by atoms with Crippen LogP contribution in [0.5, 0.6) is 0 Å². The van der Waals surface area contributed by atoms with Crippen molar-refractivity contribution in [1.29, 1.82) is 0 Å². The number of ether oxygens (including phenoxy) is 1. The van der Waals surface area contributed by atoms with Crippen molar-refractivity contribution >= 4 is 5.78 Å². The van der Waals surface area contributed by atoms with E-state index in [-0.39, 0.29) is 12.2 Å². The van der Waals surface area contributed by atoms with E-state index in [2.05, 4.69) is 0 Å². The van der Waals surface area contributed by atoms with E-state index in [4.69, 9.17) is 4.74 Å². The normalized spacial score (nSPS) is 32.6. The molecule has 0 aliphatic carbocycles. The van der Waals surface area contributed by atoms with Gasteiger partial charge in [0.25, 0.3) is 0 Å². The van der Waals surface area contributed by atoms with Gasteiger partial charge in [0.05, 0.1) is 12.2 Å². The largest absolute Gasteiger partial charge is 0.387 e. The Bertz CT molecular complexity index is 136. The minimum absolute atomic E-state index is 0.0213. The van der Waals surface area contributed by atoms with Crippen LogP contribution in [0.2, 0.25) is 0 Å². The third-order valence-electron chi connectivity index (χ3n) is 1.66. The lowest BCUT2D eigenvalue weighted by Gasteiger charge is -2.17. The Morgan fingerprint density at radius 1 is 1.80 bits per heavy atom. The highest BCUT2D eigenvalue weighted by Gasteiger charge is 2.33. The van der Waals surface area contributed by atoms with E-state index >= 15 is 0 Å². The van der Waals surface area contributed by atoms with Crippen molar-refractivity contribution in [2.75, 3.05) is 13.2 Å². The van der Waals surface area contributed by atoms with Gasteiger partial charge in [-0.25, -0.2) is 0 Å². The van der Waals surface area contributed by atoms with E-state index in [0.717, 1.165) is 0 Å². The van der Waals surface area contributed by atoms with E-state index in [1.807, 2.05) is 0 Å². The van der Waals surface area contributed by atoms with E-state index in [9.17, 15) is 9.90 Å². The molecule has 1 aliphatic heterocycles. The fourth-order valence-electron chi connectivity index (χ4n) is 1.20. The quantitative estimate of drug-likeness (QED) is 0.598. The van der Waals surface area contributed by atoms with Crippen LogP contribution in [0.4, 0.5) is 0 Å². The number of rotatable bonds is 2. The Kier molecular flexibility index (Phi) is 2.06. The molecule has 0 aromatic rings. The van der Waals surface area contributed by atoms with Crippen molar-refractivity contribution in [2.24, 2.45) is 0 Å². The highest BCUT2D eigenvalue weighted by Crippen LogP contribution is 2.21. The highest BCUT2D eigenvalue weighted by atomic mass is 16.5. The van der Waals surface area contributed by atoms with Crippen molar-refractivity contribution < 1.29 is 14.6 Å². The maximum atomic E-state index is 10.6. The van der Waals surface area contributed by atoms with Gasteiger partial charge in [-0.2, -0.15) is 0 Å². The number of hydrogen-bond acceptors (Lipinski definition) is 3. The second-order valence-corrected chi connectivity index (χ2v) is 2.91. The van der Waals surface area contributed by atoms with E-state index in [1.165, 1.54) is 6.92 Å². The van der Waals surface area contributed by atoms with Gasteiger partial charge in [-0.05, 0) is 6.92 Å². The van der Waals surface area contributed by atoms with Crippen LogP contribution in [-0.4, -0.2) is 29.7 Å². The van der Waals surface area contributed by atoms with E-state index in [1.54, 1.807) is 0 Å². The van der Waals surface area contributed by atoms with Crippen molar-refractivity contribution in [3.63, 3.8) is 0 Å². The van der Waals surface area contributed by atoms with Crippen LogP contribution >= 0.6 is 0 Å². The molecule has 0 bridgehead atoms. The molecule has 0 aromatic carbocycles. The van der Waals surface area contributed by atoms with Crippen molar-refractivity contribution in [3.05, 3.63) is 0 Å². The third kappa shape index (κ3) is 1.78. The van der Waals surface area contributed by atoms with Crippen LogP contribution in [-0.2, 0) is 9.53 Å². The van der Waals surface area contributed by atoms with Gasteiger partial charge in [-0.1, -0.05) is 0 Å². The summed E-state index contributed by atoms with van der Waals surface area (Å²) in [6.07, 6.45) is 0.819. The molecule has 1 aliphatic rings. The molecule has 1 heterocycles. The average Bonchev–Trinajstić information content (AvgIpc) is 2.12. The van der Waals surface area contributed by atoms with Gasteiger partial charge >= 0.3 is 0 Å². The Morgan fingerprint density at radius 3 is 2.90 bits per heavy atom.